The number of rotatable bonds is 5. The summed E-state index contributed by atoms with van der Waals surface area (Å²) in [6.45, 7) is -0.149. The van der Waals surface area contributed by atoms with Crippen molar-refractivity contribution in [2.45, 2.75) is 6.54 Å². The number of anilines is 1. The number of nitrogens with zero attached hydrogens (tertiary/aromatic N) is 1. The average Bonchev–Trinajstić information content (AvgIpc) is 2.90. The van der Waals surface area contributed by atoms with Crippen molar-refractivity contribution in [1.82, 2.24) is 4.57 Å². The van der Waals surface area contributed by atoms with Crippen molar-refractivity contribution in [3.8, 4) is 11.5 Å². The van der Waals surface area contributed by atoms with E-state index in [1.807, 2.05) is 0 Å². The molecule has 2 aromatic carbocycles. The Hall–Kier alpha value is -3.22. The first-order valence-electron chi connectivity index (χ1n) is 7.22. The van der Waals surface area contributed by atoms with Crippen LogP contribution in [0.3, 0.4) is 0 Å². The van der Waals surface area contributed by atoms with Crippen LogP contribution in [0.25, 0.3) is 11.1 Å². The Morgan fingerprint density at radius 1 is 1.12 bits per heavy atom. The van der Waals surface area contributed by atoms with E-state index in [4.69, 9.17) is 13.9 Å². The van der Waals surface area contributed by atoms with Gasteiger partial charge in [0.15, 0.2) is 17.1 Å². The summed E-state index contributed by atoms with van der Waals surface area (Å²) in [4.78, 5) is 24.1. The maximum Gasteiger partial charge on any atom is 0.420 e. The van der Waals surface area contributed by atoms with Crippen LogP contribution < -0.4 is 20.5 Å². The number of amides is 1. The number of nitrogens with one attached hydrogen (secondary N) is 1. The lowest BCUT2D eigenvalue weighted by molar-refractivity contribution is -0.116. The van der Waals surface area contributed by atoms with E-state index in [0.717, 1.165) is 0 Å². The highest BCUT2D eigenvalue weighted by atomic mass is 16.5. The van der Waals surface area contributed by atoms with Crippen molar-refractivity contribution < 1.29 is 18.7 Å². The molecule has 124 valence electrons. The van der Waals surface area contributed by atoms with E-state index in [1.165, 1.54) is 18.8 Å². The van der Waals surface area contributed by atoms with E-state index in [0.29, 0.717) is 28.3 Å². The quantitative estimate of drug-likeness (QED) is 0.777. The van der Waals surface area contributed by atoms with Crippen molar-refractivity contribution in [1.29, 1.82) is 0 Å². The molecule has 0 spiro atoms. The average molecular weight is 328 g/mol. The molecule has 0 bridgehead atoms. The molecule has 0 fully saturated rings. The fourth-order valence-corrected chi connectivity index (χ4v) is 2.42. The number of carbonyl (C=O) groups is 1. The van der Waals surface area contributed by atoms with Crippen LogP contribution in [0.2, 0.25) is 0 Å². The molecule has 0 aliphatic carbocycles. The van der Waals surface area contributed by atoms with Crippen molar-refractivity contribution in [3.05, 3.63) is 53.0 Å². The number of aromatic nitrogens is 1. The van der Waals surface area contributed by atoms with E-state index < -0.39 is 5.76 Å². The summed E-state index contributed by atoms with van der Waals surface area (Å²) < 4.78 is 16.7. The highest BCUT2D eigenvalue weighted by Gasteiger charge is 2.13. The number of methoxy groups -OCH3 is 2. The van der Waals surface area contributed by atoms with Crippen molar-refractivity contribution >= 4 is 22.7 Å². The summed E-state index contributed by atoms with van der Waals surface area (Å²) in [5.41, 5.74) is 1.56. The van der Waals surface area contributed by atoms with Gasteiger partial charge in [0.05, 0.1) is 19.7 Å². The molecule has 1 amide bonds. The number of benzene rings is 2. The molecule has 0 radical (unpaired) electrons. The predicted molar refractivity (Wildman–Crippen MR) is 88.6 cm³/mol. The normalized spacial score (nSPS) is 10.6. The zero-order valence-electron chi connectivity index (χ0n) is 13.2. The Morgan fingerprint density at radius 2 is 1.88 bits per heavy atom. The summed E-state index contributed by atoms with van der Waals surface area (Å²) in [7, 11) is 3.05. The molecule has 0 aliphatic rings. The van der Waals surface area contributed by atoms with Crippen LogP contribution in [-0.2, 0) is 11.3 Å². The summed E-state index contributed by atoms with van der Waals surface area (Å²) in [5, 5.41) is 2.72. The van der Waals surface area contributed by atoms with Gasteiger partial charge >= 0.3 is 5.76 Å². The maximum absolute atomic E-state index is 12.2. The topological polar surface area (TPSA) is 82.7 Å². The molecular formula is C17H16N2O5. The van der Waals surface area contributed by atoms with Gasteiger partial charge in [-0.15, -0.1) is 0 Å². The molecular weight excluding hydrogens is 312 g/mol. The Balaban J connectivity index is 1.80. The van der Waals surface area contributed by atoms with Gasteiger partial charge in [0.2, 0.25) is 5.91 Å². The van der Waals surface area contributed by atoms with Gasteiger partial charge in [0.1, 0.15) is 6.54 Å². The van der Waals surface area contributed by atoms with Gasteiger partial charge in [0.25, 0.3) is 0 Å². The maximum atomic E-state index is 12.2. The van der Waals surface area contributed by atoms with Crippen molar-refractivity contribution in [2.75, 3.05) is 19.5 Å². The molecule has 1 heterocycles. The Morgan fingerprint density at radius 3 is 2.62 bits per heavy atom. The largest absolute Gasteiger partial charge is 0.493 e. The summed E-state index contributed by atoms with van der Waals surface area (Å²) >= 11 is 0. The Kier molecular flexibility index (Phi) is 4.24. The minimum Gasteiger partial charge on any atom is -0.493 e. The fourth-order valence-electron chi connectivity index (χ4n) is 2.42. The van der Waals surface area contributed by atoms with Crippen molar-refractivity contribution in [2.24, 2.45) is 0 Å². The number of fused-ring (bicyclic) bond motifs is 1. The molecule has 0 saturated heterocycles. The molecule has 3 aromatic rings. The van der Waals surface area contributed by atoms with E-state index >= 15 is 0 Å². The number of ether oxygens (including phenoxy) is 2. The highest BCUT2D eigenvalue weighted by Crippen LogP contribution is 2.29. The fraction of sp³-hybridized carbons (Fsp3) is 0.176. The van der Waals surface area contributed by atoms with Crippen LogP contribution in [0.5, 0.6) is 11.5 Å². The second-order valence-corrected chi connectivity index (χ2v) is 5.04. The lowest BCUT2D eigenvalue weighted by atomic mass is 10.2. The smallest absolute Gasteiger partial charge is 0.420 e. The van der Waals surface area contributed by atoms with Crippen LogP contribution in [-0.4, -0.2) is 24.7 Å². The molecule has 0 atom stereocenters. The summed E-state index contributed by atoms with van der Waals surface area (Å²) in [6.07, 6.45) is 0. The third-order valence-corrected chi connectivity index (χ3v) is 3.54. The van der Waals surface area contributed by atoms with Crippen LogP contribution in [0.15, 0.2) is 51.7 Å². The first-order chi connectivity index (χ1) is 11.6. The second-order valence-electron chi connectivity index (χ2n) is 5.04. The number of carbonyl (C=O) groups excluding carboxylic acids is 1. The predicted octanol–water partition coefficient (Wildman–Crippen LogP) is 2.25. The molecule has 1 N–H and O–H groups in total. The molecule has 1 aromatic heterocycles. The molecule has 24 heavy (non-hydrogen) atoms. The molecule has 0 saturated carbocycles. The van der Waals surface area contributed by atoms with Gasteiger partial charge in [-0.3, -0.25) is 9.36 Å². The molecule has 7 nitrogen and oxygen atoms in total. The summed E-state index contributed by atoms with van der Waals surface area (Å²) in [6, 6.07) is 12.0. The van der Waals surface area contributed by atoms with Crippen LogP contribution in [0.1, 0.15) is 0 Å². The van der Waals surface area contributed by atoms with E-state index in [-0.39, 0.29) is 12.5 Å². The number of hydrogen-bond acceptors (Lipinski definition) is 5. The van der Waals surface area contributed by atoms with Crippen LogP contribution in [0, 0.1) is 0 Å². The Bertz CT molecular complexity index is 942. The zero-order chi connectivity index (χ0) is 17.1. The van der Waals surface area contributed by atoms with Gasteiger partial charge < -0.3 is 19.2 Å². The minimum atomic E-state index is -0.571. The van der Waals surface area contributed by atoms with Gasteiger partial charge in [-0.2, -0.15) is 0 Å². The van der Waals surface area contributed by atoms with E-state index in [9.17, 15) is 9.59 Å². The molecule has 7 heteroatoms. The standard InChI is InChI=1S/C17H16N2O5/c1-22-14-8-7-11(9-15(14)23-2)18-16(20)10-19-12-5-3-4-6-13(12)24-17(19)21/h3-9H,10H2,1-2H3,(H,18,20). The van der Waals surface area contributed by atoms with Gasteiger partial charge in [-0.1, -0.05) is 12.1 Å². The van der Waals surface area contributed by atoms with Gasteiger partial charge in [-0.05, 0) is 24.3 Å². The van der Waals surface area contributed by atoms with Crippen molar-refractivity contribution in [3.63, 3.8) is 0 Å². The third-order valence-electron chi connectivity index (χ3n) is 3.54. The highest BCUT2D eigenvalue weighted by molar-refractivity contribution is 5.91. The van der Waals surface area contributed by atoms with Crippen LogP contribution >= 0.6 is 0 Å². The third kappa shape index (κ3) is 2.96. The molecule has 0 unspecified atom stereocenters. The number of para-hydroxylation sites is 2. The number of hydrogen-bond donors (Lipinski definition) is 1. The minimum absolute atomic E-state index is 0.149. The van der Waals surface area contributed by atoms with E-state index in [1.54, 1.807) is 42.5 Å². The molecule has 0 aliphatic heterocycles. The Labute approximate surface area is 137 Å². The van der Waals surface area contributed by atoms with Crippen LogP contribution in [0.4, 0.5) is 5.69 Å². The molecule has 3 rings (SSSR count). The monoisotopic (exact) mass is 328 g/mol. The first kappa shape index (κ1) is 15.7. The van der Waals surface area contributed by atoms with Gasteiger partial charge in [-0.25, -0.2) is 4.79 Å². The summed E-state index contributed by atoms with van der Waals surface area (Å²) in [5.74, 6) is 0.142. The second kappa shape index (κ2) is 6.49. The number of oxazole rings is 1. The SMILES string of the molecule is COc1ccc(NC(=O)Cn2c(=O)oc3ccccc32)cc1OC. The lowest BCUT2D eigenvalue weighted by Crippen LogP contribution is -2.24. The van der Waals surface area contributed by atoms with Gasteiger partial charge in [0, 0.05) is 11.8 Å². The zero-order valence-corrected chi connectivity index (χ0v) is 13.2. The first-order valence-corrected chi connectivity index (χ1v) is 7.22. The lowest BCUT2D eigenvalue weighted by Gasteiger charge is -2.10. The van der Waals surface area contributed by atoms with E-state index in [2.05, 4.69) is 5.32 Å².